The number of rotatable bonds is 74. The number of phosphoric ester groups is 2. The second-order valence-corrected chi connectivity index (χ2v) is 29.2. The van der Waals surface area contributed by atoms with Crippen molar-refractivity contribution in [1.82, 2.24) is 0 Å². The fourth-order valence-corrected chi connectivity index (χ4v) is 11.8. The Bertz CT molecular complexity index is 2410. The Morgan fingerprint density at radius 2 is 0.490 bits per heavy atom. The molecule has 0 aliphatic carbocycles. The van der Waals surface area contributed by atoms with Crippen LogP contribution in [-0.4, -0.2) is 96.7 Å². The normalized spacial score (nSPS) is 14.5. The molecular weight excluding hydrogens is 1330 g/mol. The summed E-state index contributed by atoms with van der Waals surface area (Å²) in [5, 5.41) is 10.6. The van der Waals surface area contributed by atoms with Gasteiger partial charge in [0.05, 0.1) is 26.4 Å². The summed E-state index contributed by atoms with van der Waals surface area (Å²) < 4.78 is 68.5. The minimum atomic E-state index is -5.00. The van der Waals surface area contributed by atoms with Crippen molar-refractivity contribution in [3.05, 3.63) is 122 Å². The van der Waals surface area contributed by atoms with E-state index >= 15 is 0 Å². The molecular formula is C83H142O17P2. The van der Waals surface area contributed by atoms with Crippen LogP contribution in [0.3, 0.4) is 0 Å². The highest BCUT2D eigenvalue weighted by atomic mass is 31.2. The van der Waals surface area contributed by atoms with Crippen molar-refractivity contribution in [3.63, 3.8) is 0 Å². The third-order valence-corrected chi connectivity index (χ3v) is 18.3. The molecule has 5 unspecified atom stereocenters. The number of carbonyl (C=O) groups excluding carboxylic acids is 4. The SMILES string of the molecule is CCCCCC=CCC=CCC=CCC=CCCCC(=O)OCC(COP(=O)(O)OCC(O)COP(=O)(O)OCC(COC(=O)CCCCCCCC=CCC=CCCCCC)OC(=O)CCCCCCCC=CCC=CCCCCC)OC(=O)CCCCCCCC=CCC=CCCCCC. The Morgan fingerprint density at radius 3 is 0.775 bits per heavy atom. The van der Waals surface area contributed by atoms with Crippen LogP contribution in [0.25, 0.3) is 0 Å². The Labute approximate surface area is 619 Å². The van der Waals surface area contributed by atoms with Crippen LogP contribution in [0.5, 0.6) is 0 Å². The summed E-state index contributed by atoms with van der Waals surface area (Å²) in [4.78, 5) is 73.0. The number of phosphoric acid groups is 2. The average Bonchev–Trinajstić information content (AvgIpc) is 0.923. The molecule has 0 aromatic heterocycles. The monoisotopic (exact) mass is 1470 g/mol. The molecule has 0 amide bonds. The zero-order valence-electron chi connectivity index (χ0n) is 64.0. The Morgan fingerprint density at radius 1 is 0.275 bits per heavy atom. The number of carbonyl (C=O) groups is 4. The molecule has 0 bridgehead atoms. The molecule has 5 atom stereocenters. The number of esters is 4. The third-order valence-electron chi connectivity index (χ3n) is 16.4. The first-order valence-electron chi connectivity index (χ1n) is 39.8. The highest BCUT2D eigenvalue weighted by molar-refractivity contribution is 7.47. The Kier molecular flexibility index (Phi) is 71.4. The zero-order chi connectivity index (χ0) is 74.6. The molecule has 0 heterocycles. The summed E-state index contributed by atoms with van der Waals surface area (Å²) in [7, 11) is -9.98. The van der Waals surface area contributed by atoms with E-state index in [4.69, 9.17) is 37.0 Å². The number of hydrogen-bond donors (Lipinski definition) is 3. The first-order chi connectivity index (χ1) is 49.7. The lowest BCUT2D eigenvalue weighted by atomic mass is 10.1. The standard InChI is InChI=1S/C83H142O17P2/c1-5-9-13-17-21-25-29-33-37-38-42-44-48-52-56-60-64-68-81(86)94-74-79(100-83(88)70-66-62-58-54-50-46-41-36-32-28-24-20-16-12-8-4)76-98-102(91,92)96-72-77(84)71-95-101(89,90)97-75-78(99-82(87)69-65-61-57-53-49-45-40-35-31-27-23-19-15-11-7-3)73-93-80(85)67-63-59-55-51-47-43-39-34-30-26-22-18-14-10-6-2/h21-28,33-37,39-42,44,52,56,77-79,84H,5-20,29-32,38,43,45-51,53-55,57-76H2,1-4H3,(H,89,90)(H,91,92). The topological polar surface area (TPSA) is 237 Å². The molecule has 19 heteroatoms. The van der Waals surface area contributed by atoms with E-state index < -0.39 is 97.5 Å². The van der Waals surface area contributed by atoms with Gasteiger partial charge in [-0.05, 0) is 161 Å². The van der Waals surface area contributed by atoms with Crippen molar-refractivity contribution in [3.8, 4) is 0 Å². The van der Waals surface area contributed by atoms with Gasteiger partial charge in [0.2, 0.25) is 0 Å². The lowest BCUT2D eigenvalue weighted by molar-refractivity contribution is -0.161. The van der Waals surface area contributed by atoms with Gasteiger partial charge in [-0.25, -0.2) is 9.13 Å². The van der Waals surface area contributed by atoms with Gasteiger partial charge < -0.3 is 33.8 Å². The van der Waals surface area contributed by atoms with Crippen LogP contribution in [0.4, 0.5) is 0 Å². The quantitative estimate of drug-likeness (QED) is 0.0169. The Hall–Kier alpha value is -4.54. The molecule has 0 fully saturated rings. The van der Waals surface area contributed by atoms with Gasteiger partial charge in [-0.3, -0.25) is 37.3 Å². The van der Waals surface area contributed by atoms with Crippen molar-refractivity contribution < 1.29 is 80.2 Å². The summed E-state index contributed by atoms with van der Waals surface area (Å²) in [6.45, 7) is 4.67. The smallest absolute Gasteiger partial charge is 0.462 e. The van der Waals surface area contributed by atoms with E-state index in [9.17, 15) is 43.2 Å². The summed E-state index contributed by atoms with van der Waals surface area (Å²) >= 11 is 0. The number of aliphatic hydroxyl groups excluding tert-OH is 1. The first-order valence-corrected chi connectivity index (χ1v) is 42.8. The van der Waals surface area contributed by atoms with E-state index in [2.05, 4.69) is 137 Å². The number of hydrogen-bond acceptors (Lipinski definition) is 15. The van der Waals surface area contributed by atoms with Crippen molar-refractivity contribution in [2.75, 3.05) is 39.6 Å². The largest absolute Gasteiger partial charge is 0.472 e. The van der Waals surface area contributed by atoms with E-state index in [1.807, 2.05) is 12.2 Å². The highest BCUT2D eigenvalue weighted by Gasteiger charge is 2.30. The van der Waals surface area contributed by atoms with Crippen LogP contribution in [0, 0.1) is 0 Å². The minimum absolute atomic E-state index is 0.0648. The minimum Gasteiger partial charge on any atom is -0.462 e. The van der Waals surface area contributed by atoms with Crippen LogP contribution in [0.15, 0.2) is 122 Å². The molecule has 0 aliphatic heterocycles. The molecule has 586 valence electrons. The van der Waals surface area contributed by atoms with Crippen LogP contribution in [-0.2, 0) is 65.4 Å². The van der Waals surface area contributed by atoms with Gasteiger partial charge in [0.25, 0.3) is 0 Å². The van der Waals surface area contributed by atoms with Crippen molar-refractivity contribution in [2.45, 2.75) is 341 Å². The molecule has 17 nitrogen and oxygen atoms in total. The van der Waals surface area contributed by atoms with E-state index in [1.54, 1.807) is 0 Å². The third kappa shape index (κ3) is 73.8. The van der Waals surface area contributed by atoms with Crippen LogP contribution >= 0.6 is 15.6 Å². The maximum absolute atomic E-state index is 13.1. The fourth-order valence-electron chi connectivity index (χ4n) is 10.2. The predicted octanol–water partition coefficient (Wildman–Crippen LogP) is 23.1. The van der Waals surface area contributed by atoms with Gasteiger partial charge in [-0.15, -0.1) is 0 Å². The van der Waals surface area contributed by atoms with Crippen LogP contribution in [0.2, 0.25) is 0 Å². The van der Waals surface area contributed by atoms with E-state index in [0.717, 1.165) is 161 Å². The van der Waals surface area contributed by atoms with Crippen molar-refractivity contribution in [2.24, 2.45) is 0 Å². The van der Waals surface area contributed by atoms with Gasteiger partial charge in [0, 0.05) is 25.7 Å². The zero-order valence-corrected chi connectivity index (χ0v) is 65.8. The summed E-state index contributed by atoms with van der Waals surface area (Å²) in [6, 6.07) is 0. The molecule has 0 rings (SSSR count). The van der Waals surface area contributed by atoms with Crippen molar-refractivity contribution in [1.29, 1.82) is 0 Å². The molecule has 3 N–H and O–H groups in total. The van der Waals surface area contributed by atoms with E-state index in [-0.39, 0.29) is 25.7 Å². The lowest BCUT2D eigenvalue weighted by Gasteiger charge is -2.21. The van der Waals surface area contributed by atoms with Crippen LogP contribution in [0.1, 0.15) is 323 Å². The maximum atomic E-state index is 13.1. The molecule has 0 aromatic rings. The molecule has 102 heavy (non-hydrogen) atoms. The van der Waals surface area contributed by atoms with Gasteiger partial charge >= 0.3 is 39.5 Å². The highest BCUT2D eigenvalue weighted by Crippen LogP contribution is 2.45. The molecule has 0 saturated carbocycles. The predicted molar refractivity (Wildman–Crippen MR) is 418 cm³/mol. The van der Waals surface area contributed by atoms with E-state index in [1.165, 1.54) is 77.0 Å². The summed E-state index contributed by atoms with van der Waals surface area (Å²) in [5.41, 5.74) is 0. The second kappa shape index (κ2) is 74.7. The molecule has 0 radical (unpaired) electrons. The van der Waals surface area contributed by atoms with E-state index in [0.29, 0.717) is 32.1 Å². The maximum Gasteiger partial charge on any atom is 0.472 e. The van der Waals surface area contributed by atoms with Gasteiger partial charge in [0.1, 0.15) is 19.3 Å². The lowest BCUT2D eigenvalue weighted by Crippen LogP contribution is -2.30. The number of ether oxygens (including phenoxy) is 4. The second-order valence-electron chi connectivity index (χ2n) is 26.3. The van der Waals surface area contributed by atoms with Crippen molar-refractivity contribution >= 4 is 39.5 Å². The molecule has 0 spiro atoms. The van der Waals surface area contributed by atoms with Gasteiger partial charge in [-0.2, -0.15) is 0 Å². The Balaban J connectivity index is 5.44. The number of allylic oxidation sites excluding steroid dienone is 20. The first kappa shape index (κ1) is 97.5. The van der Waals surface area contributed by atoms with Crippen LogP contribution < -0.4 is 0 Å². The number of unbranched alkanes of at least 4 members (excludes halogenated alkanes) is 28. The fraction of sp³-hybridized carbons (Fsp3) is 0.711. The average molecular weight is 1470 g/mol. The number of aliphatic hydroxyl groups is 1. The molecule has 0 aliphatic rings. The molecule has 0 aromatic carbocycles. The van der Waals surface area contributed by atoms with Gasteiger partial charge in [-0.1, -0.05) is 258 Å². The summed E-state index contributed by atoms with van der Waals surface area (Å²) in [5.74, 6) is -2.28. The molecule has 0 saturated heterocycles. The van der Waals surface area contributed by atoms with Gasteiger partial charge in [0.15, 0.2) is 12.2 Å². The summed E-state index contributed by atoms with van der Waals surface area (Å²) in [6.07, 6.45) is 81.8.